The fourth-order valence-corrected chi connectivity index (χ4v) is 5.00. The zero-order valence-electron chi connectivity index (χ0n) is 11.2. The van der Waals surface area contributed by atoms with Gasteiger partial charge in [0.15, 0.2) is 9.90 Å². The first-order valence-electron chi connectivity index (χ1n) is 6.12. The first-order valence-corrected chi connectivity index (χ1v) is 8.44. The van der Waals surface area contributed by atoms with Gasteiger partial charge in [0.1, 0.15) is 0 Å². The number of aromatic carboxylic acids is 1. The van der Waals surface area contributed by atoms with Gasteiger partial charge < -0.3 is 9.84 Å². The molecule has 0 amide bonds. The number of hydrogen-bond donors (Lipinski definition) is 1. The van der Waals surface area contributed by atoms with E-state index in [9.17, 15) is 18.0 Å². The van der Waals surface area contributed by atoms with Crippen molar-refractivity contribution in [2.45, 2.75) is 17.1 Å². The summed E-state index contributed by atoms with van der Waals surface area (Å²) in [6.45, 7) is 0.235. The molecule has 0 radical (unpaired) electrons. The first-order chi connectivity index (χ1) is 9.87. The van der Waals surface area contributed by atoms with Crippen molar-refractivity contribution in [3.8, 4) is 0 Å². The lowest BCUT2D eigenvalue weighted by atomic mass is 10.0. The molecule has 1 fully saturated rings. The van der Waals surface area contributed by atoms with Gasteiger partial charge in [0, 0.05) is 13.1 Å². The zero-order valence-corrected chi connectivity index (χ0v) is 12.8. The van der Waals surface area contributed by atoms with Crippen LogP contribution in [0.25, 0.3) is 0 Å². The lowest BCUT2D eigenvalue weighted by Gasteiger charge is -2.30. The largest absolute Gasteiger partial charge is 0.476 e. The Hall–Kier alpha value is -1.52. The molecule has 0 bridgehead atoms. The van der Waals surface area contributed by atoms with Crippen molar-refractivity contribution in [1.82, 2.24) is 9.29 Å². The number of sulfonamides is 1. The number of esters is 1. The Morgan fingerprint density at radius 1 is 1.52 bits per heavy atom. The van der Waals surface area contributed by atoms with Gasteiger partial charge in [0.05, 0.1) is 18.5 Å². The van der Waals surface area contributed by atoms with Crippen LogP contribution >= 0.6 is 11.3 Å². The van der Waals surface area contributed by atoms with Crippen LogP contribution in [0.5, 0.6) is 0 Å². The summed E-state index contributed by atoms with van der Waals surface area (Å²) in [5.41, 5.74) is 0.693. The van der Waals surface area contributed by atoms with Gasteiger partial charge in [-0.25, -0.2) is 18.2 Å². The normalized spacial score (nSPS) is 20.1. The Labute approximate surface area is 125 Å². The first kappa shape index (κ1) is 15.9. The number of nitrogens with zero attached hydrogens (tertiary/aromatic N) is 2. The van der Waals surface area contributed by atoms with Gasteiger partial charge in [-0.2, -0.15) is 4.31 Å². The average molecular weight is 334 g/mol. The van der Waals surface area contributed by atoms with E-state index in [0.29, 0.717) is 12.8 Å². The van der Waals surface area contributed by atoms with Gasteiger partial charge in [-0.05, 0) is 12.8 Å². The fourth-order valence-electron chi connectivity index (χ4n) is 2.20. The van der Waals surface area contributed by atoms with E-state index in [1.807, 2.05) is 0 Å². The van der Waals surface area contributed by atoms with Crippen molar-refractivity contribution in [2.75, 3.05) is 20.2 Å². The van der Waals surface area contributed by atoms with Crippen LogP contribution in [0.2, 0.25) is 0 Å². The molecule has 2 rings (SSSR count). The van der Waals surface area contributed by atoms with Crippen molar-refractivity contribution in [3.05, 3.63) is 11.2 Å². The van der Waals surface area contributed by atoms with Gasteiger partial charge in [-0.1, -0.05) is 0 Å². The molecule has 116 valence electrons. The van der Waals surface area contributed by atoms with Crippen LogP contribution < -0.4 is 0 Å². The van der Waals surface area contributed by atoms with E-state index >= 15 is 0 Å². The molecular weight excluding hydrogens is 320 g/mol. The minimum atomic E-state index is -3.97. The monoisotopic (exact) mass is 334 g/mol. The molecular formula is C11H14N2O6S2. The van der Waals surface area contributed by atoms with Crippen molar-refractivity contribution >= 4 is 33.3 Å². The number of carbonyl (C=O) groups excluding carboxylic acids is 1. The van der Waals surface area contributed by atoms with Crippen LogP contribution in [-0.2, 0) is 19.6 Å². The third-order valence-electron chi connectivity index (χ3n) is 3.23. The maximum Gasteiger partial charge on any atom is 0.356 e. The second kappa shape index (κ2) is 6.08. The van der Waals surface area contributed by atoms with Gasteiger partial charge in [0.2, 0.25) is 0 Å². The highest BCUT2D eigenvalue weighted by Crippen LogP contribution is 2.28. The number of rotatable bonds is 4. The molecule has 0 saturated carbocycles. The minimum Gasteiger partial charge on any atom is -0.476 e. The molecule has 2 heterocycles. The number of carbonyl (C=O) groups is 2. The predicted octanol–water partition coefficient (Wildman–Crippen LogP) is 0.415. The van der Waals surface area contributed by atoms with Crippen LogP contribution in [0.15, 0.2) is 9.72 Å². The van der Waals surface area contributed by atoms with E-state index in [-0.39, 0.29) is 17.3 Å². The highest BCUT2D eigenvalue weighted by molar-refractivity contribution is 7.91. The molecule has 0 spiro atoms. The van der Waals surface area contributed by atoms with E-state index in [1.54, 1.807) is 0 Å². The number of ether oxygens (including phenoxy) is 1. The lowest BCUT2D eigenvalue weighted by molar-refractivity contribution is -0.146. The quantitative estimate of drug-likeness (QED) is 0.793. The van der Waals surface area contributed by atoms with Crippen LogP contribution in [0.3, 0.4) is 0 Å². The van der Waals surface area contributed by atoms with Crippen LogP contribution in [0, 0.1) is 5.92 Å². The summed E-state index contributed by atoms with van der Waals surface area (Å²) in [6, 6.07) is 0. The number of aromatic nitrogens is 1. The maximum absolute atomic E-state index is 12.5. The third-order valence-corrected chi connectivity index (χ3v) is 6.44. The van der Waals surface area contributed by atoms with Gasteiger partial charge >= 0.3 is 11.9 Å². The topological polar surface area (TPSA) is 114 Å². The summed E-state index contributed by atoms with van der Waals surface area (Å²) < 4.78 is 30.5. The maximum atomic E-state index is 12.5. The minimum absolute atomic E-state index is 0.00797. The SMILES string of the molecule is COC(=O)C1CCCN(S(=O)(=O)c2scnc2C(=O)O)C1. The molecule has 10 heteroatoms. The summed E-state index contributed by atoms with van der Waals surface area (Å²) >= 11 is 0.756. The van der Waals surface area contributed by atoms with Crippen LogP contribution in [0.1, 0.15) is 23.3 Å². The number of methoxy groups -OCH3 is 1. The molecule has 1 unspecified atom stereocenters. The molecule has 1 N–H and O–H groups in total. The summed E-state index contributed by atoms with van der Waals surface area (Å²) in [4.78, 5) is 26.1. The molecule has 0 aromatic carbocycles. The van der Waals surface area contributed by atoms with Gasteiger partial charge in [-0.3, -0.25) is 4.79 Å². The second-order valence-corrected chi connectivity index (χ2v) is 7.51. The molecule has 0 aliphatic carbocycles. The zero-order chi connectivity index (χ0) is 15.6. The Morgan fingerprint density at radius 2 is 2.24 bits per heavy atom. The lowest BCUT2D eigenvalue weighted by Crippen LogP contribution is -2.42. The Morgan fingerprint density at radius 3 is 2.86 bits per heavy atom. The molecule has 1 aromatic rings. The smallest absolute Gasteiger partial charge is 0.356 e. The Kier molecular flexibility index (Phi) is 4.59. The summed E-state index contributed by atoms with van der Waals surface area (Å²) in [5, 5.41) is 8.98. The van der Waals surface area contributed by atoms with Crippen LogP contribution in [0.4, 0.5) is 0 Å². The summed E-state index contributed by atoms with van der Waals surface area (Å²) in [6.07, 6.45) is 1.06. The van der Waals surface area contributed by atoms with Crippen molar-refractivity contribution < 1.29 is 27.9 Å². The van der Waals surface area contributed by atoms with Gasteiger partial charge in [-0.15, -0.1) is 11.3 Å². The van der Waals surface area contributed by atoms with Crippen molar-refractivity contribution in [3.63, 3.8) is 0 Å². The summed E-state index contributed by atoms with van der Waals surface area (Å²) in [7, 11) is -2.72. The van der Waals surface area contributed by atoms with Crippen molar-refractivity contribution in [2.24, 2.45) is 5.92 Å². The standard InChI is InChI=1S/C11H14N2O6S2/c1-19-10(16)7-3-2-4-13(5-7)21(17,18)11-8(9(14)15)12-6-20-11/h6-7H,2-5H2,1H3,(H,14,15). The Bertz CT molecular complexity index is 653. The molecule has 1 aromatic heterocycles. The number of thiazole rings is 1. The highest BCUT2D eigenvalue weighted by Gasteiger charge is 2.37. The fraction of sp³-hybridized carbons (Fsp3) is 0.545. The predicted molar refractivity (Wildman–Crippen MR) is 72.6 cm³/mol. The van der Waals surface area contributed by atoms with Crippen molar-refractivity contribution in [1.29, 1.82) is 0 Å². The number of piperidine rings is 1. The van der Waals surface area contributed by atoms with E-state index in [0.717, 1.165) is 15.6 Å². The molecule has 8 nitrogen and oxygen atoms in total. The number of hydrogen-bond acceptors (Lipinski definition) is 7. The average Bonchev–Trinajstić information content (AvgIpc) is 2.97. The number of carboxylic acid groups (broad SMARTS) is 1. The molecule has 1 atom stereocenters. The highest BCUT2D eigenvalue weighted by atomic mass is 32.2. The van der Waals surface area contributed by atoms with E-state index < -0.39 is 33.6 Å². The summed E-state index contributed by atoms with van der Waals surface area (Å²) in [5.74, 6) is -2.38. The van der Waals surface area contributed by atoms with Crippen LogP contribution in [-0.4, -0.2) is 55.0 Å². The molecule has 1 saturated heterocycles. The van der Waals surface area contributed by atoms with E-state index in [1.165, 1.54) is 12.6 Å². The molecule has 1 aliphatic heterocycles. The molecule has 1 aliphatic rings. The van der Waals surface area contributed by atoms with E-state index in [4.69, 9.17) is 5.11 Å². The second-order valence-electron chi connectivity index (χ2n) is 4.52. The number of carboxylic acids is 1. The van der Waals surface area contributed by atoms with E-state index in [2.05, 4.69) is 9.72 Å². The third kappa shape index (κ3) is 3.06. The van der Waals surface area contributed by atoms with Gasteiger partial charge in [0.25, 0.3) is 10.0 Å². The Balaban J connectivity index is 2.29. The molecule has 21 heavy (non-hydrogen) atoms.